The van der Waals surface area contributed by atoms with Crippen molar-refractivity contribution in [1.82, 2.24) is 9.97 Å². The number of nitrogens with one attached hydrogen (secondary N) is 1. The van der Waals surface area contributed by atoms with E-state index < -0.39 is 0 Å². The van der Waals surface area contributed by atoms with E-state index in [4.69, 9.17) is 4.84 Å². The summed E-state index contributed by atoms with van der Waals surface area (Å²) in [4.78, 5) is 14.1. The molecule has 0 spiro atoms. The number of rotatable bonds is 6. The van der Waals surface area contributed by atoms with Gasteiger partial charge in [-0.15, -0.1) is 0 Å². The summed E-state index contributed by atoms with van der Waals surface area (Å²) in [7, 11) is 0. The minimum atomic E-state index is -0.273. The number of benzene rings is 3. The number of fused-ring (bicyclic) bond motifs is 1. The van der Waals surface area contributed by atoms with Crippen LogP contribution >= 0.6 is 15.9 Å². The van der Waals surface area contributed by atoms with Crippen LogP contribution < -0.4 is 5.32 Å². The van der Waals surface area contributed by atoms with Crippen molar-refractivity contribution in [2.24, 2.45) is 5.16 Å². The summed E-state index contributed by atoms with van der Waals surface area (Å²) in [5.74, 6) is 0.449. The summed E-state index contributed by atoms with van der Waals surface area (Å²) < 4.78 is 13.9. The van der Waals surface area contributed by atoms with Crippen LogP contribution in [0.1, 0.15) is 18.1 Å². The summed E-state index contributed by atoms with van der Waals surface area (Å²) in [6, 6.07) is 19.8. The average Bonchev–Trinajstić information content (AvgIpc) is 2.77. The first-order chi connectivity index (χ1) is 14.6. The first kappa shape index (κ1) is 20.0. The third-order valence-electron chi connectivity index (χ3n) is 4.53. The third kappa shape index (κ3) is 4.63. The number of hydrogen-bond donors (Lipinski definition) is 1. The maximum Gasteiger partial charge on any atom is 0.142 e. The van der Waals surface area contributed by atoms with Gasteiger partial charge in [-0.2, -0.15) is 0 Å². The molecule has 1 heterocycles. The lowest BCUT2D eigenvalue weighted by Gasteiger charge is -2.12. The van der Waals surface area contributed by atoms with Gasteiger partial charge in [0.05, 0.1) is 16.9 Å². The van der Waals surface area contributed by atoms with Crippen LogP contribution in [-0.4, -0.2) is 15.7 Å². The van der Waals surface area contributed by atoms with Gasteiger partial charge in [0.1, 0.15) is 24.6 Å². The molecule has 5 nitrogen and oxygen atoms in total. The maximum atomic E-state index is 13.0. The molecule has 0 amide bonds. The Morgan fingerprint density at radius 2 is 1.87 bits per heavy atom. The third-order valence-corrected chi connectivity index (χ3v) is 5.22. The zero-order chi connectivity index (χ0) is 20.9. The topological polar surface area (TPSA) is 59.4 Å². The second-order valence-electron chi connectivity index (χ2n) is 6.64. The fourth-order valence-electron chi connectivity index (χ4n) is 2.92. The Labute approximate surface area is 181 Å². The van der Waals surface area contributed by atoms with Gasteiger partial charge in [0.25, 0.3) is 0 Å². The van der Waals surface area contributed by atoms with Crippen LogP contribution in [0.15, 0.2) is 82.7 Å². The highest BCUT2D eigenvalue weighted by atomic mass is 79.9. The molecule has 0 saturated heterocycles. The Morgan fingerprint density at radius 3 is 2.70 bits per heavy atom. The summed E-state index contributed by atoms with van der Waals surface area (Å²) in [5, 5.41) is 8.50. The minimum absolute atomic E-state index is 0.270. The number of oxime groups is 1. The Balaban J connectivity index is 1.53. The van der Waals surface area contributed by atoms with Gasteiger partial charge in [-0.3, -0.25) is 0 Å². The van der Waals surface area contributed by atoms with E-state index >= 15 is 0 Å². The van der Waals surface area contributed by atoms with Crippen LogP contribution in [0.25, 0.3) is 10.9 Å². The number of hydrogen-bond acceptors (Lipinski definition) is 5. The molecule has 150 valence electrons. The number of para-hydroxylation sites is 1. The monoisotopic (exact) mass is 464 g/mol. The van der Waals surface area contributed by atoms with Crippen molar-refractivity contribution in [2.45, 2.75) is 13.5 Å². The molecule has 0 unspecified atom stereocenters. The van der Waals surface area contributed by atoms with Crippen molar-refractivity contribution < 1.29 is 9.23 Å². The van der Waals surface area contributed by atoms with Gasteiger partial charge in [-0.05, 0) is 64.8 Å². The summed E-state index contributed by atoms with van der Waals surface area (Å²) in [5.41, 5.74) is 4.19. The molecule has 0 aliphatic heterocycles. The van der Waals surface area contributed by atoms with Crippen molar-refractivity contribution in [2.75, 3.05) is 5.32 Å². The number of anilines is 2. The molecule has 7 heteroatoms. The molecule has 4 rings (SSSR count). The van der Waals surface area contributed by atoms with E-state index in [0.717, 1.165) is 43.7 Å². The quantitative estimate of drug-likeness (QED) is 0.272. The van der Waals surface area contributed by atoms with Crippen LogP contribution in [0.3, 0.4) is 0 Å². The molecule has 3 aromatic carbocycles. The lowest BCUT2D eigenvalue weighted by atomic mass is 10.1. The molecule has 1 aromatic heterocycles. The van der Waals surface area contributed by atoms with Gasteiger partial charge in [0.15, 0.2) is 0 Å². The smallest absolute Gasteiger partial charge is 0.142 e. The normalized spacial score (nSPS) is 11.5. The lowest BCUT2D eigenvalue weighted by Crippen LogP contribution is -2.01. The lowest BCUT2D eigenvalue weighted by molar-refractivity contribution is 0.130. The Kier molecular flexibility index (Phi) is 5.99. The largest absolute Gasteiger partial charge is 0.391 e. The van der Waals surface area contributed by atoms with Gasteiger partial charge in [0.2, 0.25) is 0 Å². The van der Waals surface area contributed by atoms with E-state index in [-0.39, 0.29) is 12.4 Å². The average molecular weight is 465 g/mol. The van der Waals surface area contributed by atoms with Crippen molar-refractivity contribution in [3.63, 3.8) is 0 Å². The van der Waals surface area contributed by atoms with Crippen LogP contribution in [0.4, 0.5) is 15.9 Å². The fraction of sp³-hybridized carbons (Fsp3) is 0.0870. The molecule has 0 fully saturated rings. The zero-order valence-electron chi connectivity index (χ0n) is 16.1. The molecule has 0 aliphatic rings. The van der Waals surface area contributed by atoms with Gasteiger partial charge in [-0.1, -0.05) is 35.5 Å². The number of halogens is 2. The van der Waals surface area contributed by atoms with E-state index in [9.17, 15) is 4.39 Å². The highest BCUT2D eigenvalue weighted by molar-refractivity contribution is 9.10. The second-order valence-corrected chi connectivity index (χ2v) is 7.49. The molecular formula is C23H18BrFN4O. The Hall–Kier alpha value is -3.32. The molecule has 4 aromatic rings. The predicted octanol–water partition coefficient (Wildman–Crippen LogP) is 6.22. The molecule has 30 heavy (non-hydrogen) atoms. The highest BCUT2D eigenvalue weighted by Crippen LogP contribution is 2.29. The Bertz CT molecular complexity index is 1210. The molecular weight excluding hydrogens is 447 g/mol. The summed E-state index contributed by atoms with van der Waals surface area (Å²) in [6.07, 6.45) is 1.54. The van der Waals surface area contributed by atoms with E-state index in [1.54, 1.807) is 18.5 Å². The van der Waals surface area contributed by atoms with E-state index in [2.05, 4.69) is 36.4 Å². The van der Waals surface area contributed by atoms with E-state index in [1.807, 2.05) is 49.4 Å². The second kappa shape index (κ2) is 9.00. The van der Waals surface area contributed by atoms with Crippen LogP contribution in [0.5, 0.6) is 0 Å². The van der Waals surface area contributed by atoms with Crippen molar-refractivity contribution >= 4 is 44.0 Å². The summed E-state index contributed by atoms with van der Waals surface area (Å²) in [6.45, 7) is 2.14. The molecule has 0 radical (unpaired) electrons. The van der Waals surface area contributed by atoms with Crippen LogP contribution in [0.2, 0.25) is 0 Å². The molecule has 0 aliphatic carbocycles. The maximum absolute atomic E-state index is 13.0. The van der Waals surface area contributed by atoms with Crippen molar-refractivity contribution in [3.05, 3.63) is 94.5 Å². The van der Waals surface area contributed by atoms with Gasteiger partial charge in [-0.25, -0.2) is 14.4 Å². The van der Waals surface area contributed by atoms with Gasteiger partial charge < -0.3 is 10.2 Å². The molecule has 1 N–H and O–H groups in total. The van der Waals surface area contributed by atoms with Gasteiger partial charge >= 0.3 is 0 Å². The predicted molar refractivity (Wildman–Crippen MR) is 120 cm³/mol. The summed E-state index contributed by atoms with van der Waals surface area (Å²) >= 11 is 3.58. The van der Waals surface area contributed by atoms with Gasteiger partial charge in [0, 0.05) is 15.4 Å². The number of nitrogens with zero attached hydrogens (tertiary/aromatic N) is 3. The molecule has 0 atom stereocenters. The van der Waals surface area contributed by atoms with E-state index in [1.165, 1.54) is 12.1 Å². The SMILES string of the molecule is C/C(=N\OCc1ccc(F)cc1)c1ccc(Br)c(Nc2ncnc3ccccc23)c1. The van der Waals surface area contributed by atoms with Crippen LogP contribution in [-0.2, 0) is 11.4 Å². The van der Waals surface area contributed by atoms with E-state index in [0.29, 0.717) is 0 Å². The van der Waals surface area contributed by atoms with Crippen LogP contribution in [0, 0.1) is 5.82 Å². The van der Waals surface area contributed by atoms with Crippen molar-refractivity contribution in [1.29, 1.82) is 0 Å². The first-order valence-electron chi connectivity index (χ1n) is 9.28. The standard InChI is InChI=1S/C23H18BrFN4O/c1-15(29-30-13-16-6-9-18(25)10-7-16)17-8-11-20(24)22(12-17)28-23-19-4-2-3-5-21(19)26-14-27-23/h2-12,14H,13H2,1H3,(H,26,27,28)/b29-15+. The minimum Gasteiger partial charge on any atom is -0.391 e. The molecule has 0 saturated carbocycles. The fourth-order valence-corrected chi connectivity index (χ4v) is 3.26. The zero-order valence-corrected chi connectivity index (χ0v) is 17.7. The first-order valence-corrected chi connectivity index (χ1v) is 10.1. The highest BCUT2D eigenvalue weighted by Gasteiger charge is 2.08. The Morgan fingerprint density at radius 1 is 1.07 bits per heavy atom. The van der Waals surface area contributed by atoms with Crippen molar-refractivity contribution in [3.8, 4) is 0 Å². The molecule has 0 bridgehead atoms. The number of aromatic nitrogens is 2.